The molecule has 140 valence electrons. The molecule has 0 saturated heterocycles. The van der Waals surface area contributed by atoms with Gasteiger partial charge in [-0.15, -0.1) is 0 Å². The molecule has 0 N–H and O–H groups in total. The molecule has 1 heterocycles. The van der Waals surface area contributed by atoms with Gasteiger partial charge in [0.05, 0.1) is 12.1 Å². The van der Waals surface area contributed by atoms with Crippen LogP contribution >= 0.6 is 0 Å². The minimum atomic E-state index is -0.342. The van der Waals surface area contributed by atoms with Gasteiger partial charge in [0.15, 0.2) is 0 Å². The highest BCUT2D eigenvalue weighted by Gasteiger charge is 2.43. The summed E-state index contributed by atoms with van der Waals surface area (Å²) in [7, 11) is 0. The lowest BCUT2D eigenvalue weighted by molar-refractivity contribution is -0.141. The lowest BCUT2D eigenvalue weighted by atomic mass is 9.80. The molecule has 4 nitrogen and oxygen atoms in total. The number of rotatable bonds is 3. The average molecular weight is 363 g/mol. The van der Waals surface area contributed by atoms with Crippen LogP contribution in [0.2, 0.25) is 0 Å². The maximum absolute atomic E-state index is 12.8. The lowest BCUT2D eigenvalue weighted by Crippen LogP contribution is -2.44. The van der Waals surface area contributed by atoms with E-state index in [0.717, 1.165) is 16.7 Å². The Balaban J connectivity index is 2.23. The smallest absolute Gasteiger partial charge is 0.307 e. The molecule has 2 aromatic rings. The number of carbonyl (C=O) groups excluding carboxylic acids is 2. The zero-order valence-corrected chi connectivity index (χ0v) is 16.2. The largest absolute Gasteiger partial charge is 0.431 e. The van der Waals surface area contributed by atoms with Gasteiger partial charge in [-0.3, -0.25) is 9.59 Å². The van der Waals surface area contributed by atoms with Gasteiger partial charge in [0, 0.05) is 19.8 Å². The monoisotopic (exact) mass is 363 g/mol. The Bertz CT molecular complexity index is 858. The van der Waals surface area contributed by atoms with E-state index in [1.165, 1.54) is 6.92 Å². The summed E-state index contributed by atoms with van der Waals surface area (Å²) in [5, 5.41) is 0. The van der Waals surface area contributed by atoms with Gasteiger partial charge in [0.1, 0.15) is 5.76 Å². The molecule has 3 rings (SSSR count). The van der Waals surface area contributed by atoms with Crippen molar-refractivity contribution in [2.75, 3.05) is 0 Å². The number of esters is 1. The molecule has 0 saturated carbocycles. The number of nitrogens with zero attached hydrogens (tertiary/aromatic N) is 1. The van der Waals surface area contributed by atoms with Crippen LogP contribution in [0.3, 0.4) is 0 Å². The summed E-state index contributed by atoms with van der Waals surface area (Å²) in [6, 6.07) is 19.3. The predicted octanol–water partition coefficient (Wildman–Crippen LogP) is 4.80. The second-order valence-corrected chi connectivity index (χ2v) is 7.02. The van der Waals surface area contributed by atoms with Crippen molar-refractivity contribution >= 4 is 11.9 Å². The van der Waals surface area contributed by atoms with Crippen LogP contribution in [0.15, 0.2) is 72.0 Å². The fourth-order valence-corrected chi connectivity index (χ4v) is 4.10. The van der Waals surface area contributed by atoms with Crippen molar-refractivity contribution in [3.8, 4) is 0 Å². The van der Waals surface area contributed by atoms with Gasteiger partial charge >= 0.3 is 5.97 Å². The van der Waals surface area contributed by atoms with Gasteiger partial charge in [0.25, 0.3) is 0 Å². The van der Waals surface area contributed by atoms with Crippen LogP contribution in [0.1, 0.15) is 50.9 Å². The molecule has 0 fully saturated rings. The first-order valence-electron chi connectivity index (χ1n) is 9.19. The van der Waals surface area contributed by atoms with E-state index in [9.17, 15) is 9.59 Å². The lowest BCUT2D eigenvalue weighted by Gasteiger charge is -2.46. The third kappa shape index (κ3) is 3.65. The normalized spacial score (nSPS) is 22.5. The van der Waals surface area contributed by atoms with Gasteiger partial charge in [-0.2, -0.15) is 0 Å². The molecule has 27 heavy (non-hydrogen) atoms. The Kier molecular flexibility index (Phi) is 5.45. The standard InChI is InChI=1S/C23H25NO3/c1-15-21(19-11-7-5-8-12-19)24(17(3)25)22(20-13-9-6-10-14-20)16(2)23(15)27-18(4)26/h5-15,21-22H,1-4H3/t15-,21+,22-/m0/s1. The fourth-order valence-electron chi connectivity index (χ4n) is 4.10. The molecule has 0 bridgehead atoms. The Labute approximate surface area is 160 Å². The van der Waals surface area contributed by atoms with Crippen molar-refractivity contribution in [2.24, 2.45) is 5.92 Å². The zero-order valence-electron chi connectivity index (χ0n) is 16.2. The molecule has 0 spiro atoms. The molecule has 4 heteroatoms. The predicted molar refractivity (Wildman–Crippen MR) is 105 cm³/mol. The minimum Gasteiger partial charge on any atom is -0.431 e. The Morgan fingerprint density at radius 3 is 1.89 bits per heavy atom. The minimum absolute atomic E-state index is 0.00854. The number of hydrogen-bond acceptors (Lipinski definition) is 3. The number of ether oxygens (including phenoxy) is 1. The van der Waals surface area contributed by atoms with E-state index in [0.29, 0.717) is 5.76 Å². The molecule has 0 aromatic heterocycles. The maximum atomic E-state index is 12.8. The Hall–Kier alpha value is -2.88. The zero-order chi connectivity index (χ0) is 19.6. The molecule has 3 atom stereocenters. The van der Waals surface area contributed by atoms with E-state index in [1.807, 2.05) is 79.4 Å². The molecule has 1 aliphatic heterocycles. The van der Waals surface area contributed by atoms with E-state index in [1.54, 1.807) is 6.92 Å². The summed E-state index contributed by atoms with van der Waals surface area (Å²) in [6.07, 6.45) is 0. The van der Waals surface area contributed by atoms with Crippen LogP contribution in [0.4, 0.5) is 0 Å². The van der Waals surface area contributed by atoms with Gasteiger partial charge in [0.2, 0.25) is 5.91 Å². The van der Waals surface area contributed by atoms with Gasteiger partial charge in [-0.05, 0) is 23.6 Å². The van der Waals surface area contributed by atoms with Crippen LogP contribution in [0.25, 0.3) is 0 Å². The van der Waals surface area contributed by atoms with Gasteiger partial charge < -0.3 is 9.64 Å². The van der Waals surface area contributed by atoms with Crippen molar-refractivity contribution in [3.63, 3.8) is 0 Å². The maximum Gasteiger partial charge on any atom is 0.307 e. The van der Waals surface area contributed by atoms with E-state index in [4.69, 9.17) is 4.74 Å². The molecule has 0 aliphatic carbocycles. The Morgan fingerprint density at radius 1 is 0.889 bits per heavy atom. The van der Waals surface area contributed by atoms with Crippen LogP contribution in [0.5, 0.6) is 0 Å². The molecule has 0 unspecified atom stereocenters. The first-order chi connectivity index (χ1) is 12.9. The molecule has 1 aliphatic rings. The number of benzene rings is 2. The van der Waals surface area contributed by atoms with Crippen LogP contribution in [0, 0.1) is 5.92 Å². The van der Waals surface area contributed by atoms with E-state index in [-0.39, 0.29) is 29.9 Å². The molecule has 2 aromatic carbocycles. The summed E-state index contributed by atoms with van der Waals surface area (Å²) in [5.41, 5.74) is 2.92. The number of carbonyl (C=O) groups is 2. The fraction of sp³-hybridized carbons (Fsp3) is 0.304. The highest BCUT2D eigenvalue weighted by molar-refractivity contribution is 5.76. The average Bonchev–Trinajstić information content (AvgIpc) is 2.65. The second-order valence-electron chi connectivity index (χ2n) is 7.02. The van der Waals surface area contributed by atoms with Crippen LogP contribution in [-0.2, 0) is 14.3 Å². The topological polar surface area (TPSA) is 46.6 Å². The third-order valence-corrected chi connectivity index (χ3v) is 5.14. The molecular weight excluding hydrogens is 338 g/mol. The molecule has 0 radical (unpaired) electrons. The Morgan fingerprint density at radius 2 is 1.41 bits per heavy atom. The van der Waals surface area contributed by atoms with E-state index in [2.05, 4.69) is 0 Å². The molecule has 1 amide bonds. The van der Waals surface area contributed by atoms with Gasteiger partial charge in [-0.25, -0.2) is 0 Å². The SMILES string of the molecule is CC(=O)OC1=C(C)[C@@H](c2ccccc2)N(C(C)=O)[C@@H](c2ccccc2)[C@@H]1C. The van der Waals surface area contributed by atoms with Crippen molar-refractivity contribution in [2.45, 2.75) is 39.8 Å². The third-order valence-electron chi connectivity index (χ3n) is 5.14. The van der Waals surface area contributed by atoms with Crippen LogP contribution in [-0.4, -0.2) is 16.8 Å². The quantitative estimate of drug-likeness (QED) is 0.736. The van der Waals surface area contributed by atoms with Crippen molar-refractivity contribution in [3.05, 3.63) is 83.1 Å². The van der Waals surface area contributed by atoms with Crippen LogP contribution < -0.4 is 0 Å². The summed E-state index contributed by atoms with van der Waals surface area (Å²) in [5.74, 6) is 0.166. The van der Waals surface area contributed by atoms with Gasteiger partial charge in [-0.1, -0.05) is 67.6 Å². The molecular formula is C23H25NO3. The van der Waals surface area contributed by atoms with E-state index >= 15 is 0 Å². The first kappa shape index (κ1) is 18.9. The first-order valence-corrected chi connectivity index (χ1v) is 9.19. The summed E-state index contributed by atoms with van der Waals surface area (Å²) < 4.78 is 5.65. The summed E-state index contributed by atoms with van der Waals surface area (Å²) >= 11 is 0. The number of hydrogen-bond donors (Lipinski definition) is 0. The van der Waals surface area contributed by atoms with Crippen molar-refractivity contribution in [1.82, 2.24) is 4.90 Å². The number of amides is 1. The van der Waals surface area contributed by atoms with E-state index < -0.39 is 0 Å². The highest BCUT2D eigenvalue weighted by Crippen LogP contribution is 2.48. The summed E-state index contributed by atoms with van der Waals surface area (Å²) in [4.78, 5) is 26.5. The van der Waals surface area contributed by atoms with Crippen molar-refractivity contribution < 1.29 is 14.3 Å². The summed E-state index contributed by atoms with van der Waals surface area (Å²) in [6.45, 7) is 6.97. The highest BCUT2D eigenvalue weighted by atomic mass is 16.5. The van der Waals surface area contributed by atoms with Crippen molar-refractivity contribution in [1.29, 1.82) is 0 Å². The second kappa shape index (κ2) is 7.78.